The molecule has 3 N–H and O–H groups in total. The minimum atomic E-state index is -0.383. The summed E-state index contributed by atoms with van der Waals surface area (Å²) in [4.78, 5) is 11.0. The van der Waals surface area contributed by atoms with Crippen molar-refractivity contribution in [1.29, 1.82) is 0 Å². The highest BCUT2D eigenvalue weighted by Gasteiger charge is 2.12. The molecule has 21 heavy (non-hydrogen) atoms. The van der Waals surface area contributed by atoms with Crippen LogP contribution >= 0.6 is 0 Å². The van der Waals surface area contributed by atoms with Gasteiger partial charge in [0, 0.05) is 20.2 Å². The topological polar surface area (TPSA) is 82.8 Å². The van der Waals surface area contributed by atoms with E-state index in [1.165, 1.54) is 0 Å². The minimum Gasteiger partial charge on any atom is -0.493 e. The van der Waals surface area contributed by atoms with Crippen molar-refractivity contribution in [3.8, 4) is 11.5 Å². The largest absolute Gasteiger partial charge is 0.493 e. The summed E-state index contributed by atoms with van der Waals surface area (Å²) in [5, 5.41) is 3.25. The van der Waals surface area contributed by atoms with Crippen LogP contribution in [0.1, 0.15) is 12.5 Å². The highest BCUT2D eigenvalue weighted by atomic mass is 16.5. The predicted molar refractivity (Wildman–Crippen MR) is 80.4 cm³/mol. The third-order valence-electron chi connectivity index (χ3n) is 3.01. The molecule has 0 aliphatic rings. The molecular weight excluding hydrogens is 272 g/mol. The van der Waals surface area contributed by atoms with Crippen molar-refractivity contribution in [3.05, 3.63) is 23.8 Å². The number of methoxy groups -OCH3 is 2. The van der Waals surface area contributed by atoms with Crippen LogP contribution in [0.4, 0.5) is 0 Å². The van der Waals surface area contributed by atoms with Crippen LogP contribution in [0.5, 0.6) is 11.5 Å². The summed E-state index contributed by atoms with van der Waals surface area (Å²) in [5.41, 5.74) is 6.29. The van der Waals surface area contributed by atoms with E-state index in [9.17, 15) is 4.79 Å². The van der Waals surface area contributed by atoms with E-state index in [2.05, 4.69) is 5.32 Å². The molecule has 118 valence electrons. The smallest absolute Gasteiger partial charge is 0.223 e. The summed E-state index contributed by atoms with van der Waals surface area (Å²) < 4.78 is 15.9. The van der Waals surface area contributed by atoms with E-state index in [4.69, 9.17) is 19.9 Å². The number of primary amides is 1. The lowest BCUT2D eigenvalue weighted by Crippen LogP contribution is -2.26. The molecule has 1 aromatic carbocycles. The average molecular weight is 296 g/mol. The Bertz CT molecular complexity index is 451. The van der Waals surface area contributed by atoms with Crippen molar-refractivity contribution in [2.75, 3.05) is 34.0 Å². The molecule has 0 aliphatic carbocycles. The number of benzene rings is 1. The summed E-state index contributed by atoms with van der Waals surface area (Å²) >= 11 is 0. The van der Waals surface area contributed by atoms with E-state index in [0.717, 1.165) is 12.1 Å². The minimum absolute atomic E-state index is 0.228. The zero-order valence-corrected chi connectivity index (χ0v) is 12.8. The van der Waals surface area contributed by atoms with E-state index in [1.807, 2.05) is 18.2 Å². The molecule has 6 heteroatoms. The summed E-state index contributed by atoms with van der Waals surface area (Å²) in [5.74, 6) is 0.508. The Morgan fingerprint density at radius 1 is 1.33 bits per heavy atom. The molecule has 0 bridgehead atoms. The Morgan fingerprint density at radius 3 is 2.71 bits per heavy atom. The van der Waals surface area contributed by atoms with Gasteiger partial charge in [-0.2, -0.15) is 0 Å². The molecule has 0 saturated carbocycles. The van der Waals surface area contributed by atoms with Crippen LogP contribution in [0.25, 0.3) is 0 Å². The molecule has 0 fully saturated rings. The van der Waals surface area contributed by atoms with Gasteiger partial charge in [-0.1, -0.05) is 13.0 Å². The van der Waals surface area contributed by atoms with Gasteiger partial charge in [-0.15, -0.1) is 0 Å². The van der Waals surface area contributed by atoms with E-state index >= 15 is 0 Å². The molecule has 1 aromatic rings. The lowest BCUT2D eigenvalue weighted by Gasteiger charge is -2.14. The number of nitrogens with one attached hydrogen (secondary N) is 1. The third-order valence-corrected chi connectivity index (χ3v) is 3.01. The molecule has 0 saturated heterocycles. The average Bonchev–Trinajstić information content (AvgIpc) is 2.49. The van der Waals surface area contributed by atoms with Crippen LogP contribution in [0.15, 0.2) is 18.2 Å². The SMILES string of the molecule is COCCNCc1ccc(OC)c(OCC(C)C(N)=O)c1. The van der Waals surface area contributed by atoms with Crippen LogP contribution in [-0.4, -0.2) is 39.9 Å². The van der Waals surface area contributed by atoms with Gasteiger partial charge in [0.1, 0.15) is 0 Å². The predicted octanol–water partition coefficient (Wildman–Crippen LogP) is 0.931. The highest BCUT2D eigenvalue weighted by Crippen LogP contribution is 2.28. The summed E-state index contributed by atoms with van der Waals surface area (Å²) in [6, 6.07) is 5.70. The first-order chi connectivity index (χ1) is 10.1. The fraction of sp³-hybridized carbons (Fsp3) is 0.533. The van der Waals surface area contributed by atoms with Crippen LogP contribution in [0.2, 0.25) is 0 Å². The van der Waals surface area contributed by atoms with Gasteiger partial charge < -0.3 is 25.3 Å². The van der Waals surface area contributed by atoms with Gasteiger partial charge in [0.2, 0.25) is 5.91 Å². The number of nitrogens with two attached hydrogens (primary N) is 1. The number of hydrogen-bond acceptors (Lipinski definition) is 5. The van der Waals surface area contributed by atoms with Gasteiger partial charge in [0.05, 0.1) is 26.2 Å². The summed E-state index contributed by atoms with van der Waals surface area (Å²) in [6.07, 6.45) is 0. The van der Waals surface area contributed by atoms with Crippen molar-refractivity contribution < 1.29 is 19.0 Å². The molecule has 0 spiro atoms. The number of amides is 1. The Hall–Kier alpha value is -1.79. The maximum absolute atomic E-state index is 11.0. The molecule has 1 unspecified atom stereocenters. The van der Waals surface area contributed by atoms with Crippen LogP contribution in [-0.2, 0) is 16.1 Å². The van der Waals surface area contributed by atoms with Gasteiger partial charge in [-0.25, -0.2) is 0 Å². The van der Waals surface area contributed by atoms with E-state index < -0.39 is 0 Å². The number of carbonyl (C=O) groups is 1. The van der Waals surface area contributed by atoms with Crippen LogP contribution in [0, 0.1) is 5.92 Å². The molecule has 1 rings (SSSR count). The molecule has 0 radical (unpaired) electrons. The van der Waals surface area contributed by atoms with Crippen molar-refractivity contribution >= 4 is 5.91 Å². The van der Waals surface area contributed by atoms with Crippen LogP contribution < -0.4 is 20.5 Å². The second-order valence-corrected chi connectivity index (χ2v) is 4.77. The quantitative estimate of drug-likeness (QED) is 0.628. The maximum atomic E-state index is 11.0. The van der Waals surface area contributed by atoms with Crippen molar-refractivity contribution in [3.63, 3.8) is 0 Å². The normalized spacial score (nSPS) is 12.0. The molecule has 0 aliphatic heterocycles. The standard InChI is InChI=1S/C15H24N2O4/c1-11(15(16)18)10-21-14-8-12(4-5-13(14)20-3)9-17-6-7-19-2/h4-5,8,11,17H,6-7,9-10H2,1-3H3,(H2,16,18). The van der Waals surface area contributed by atoms with E-state index in [-0.39, 0.29) is 18.4 Å². The second kappa shape index (κ2) is 9.20. The number of carbonyl (C=O) groups excluding carboxylic acids is 1. The Balaban J connectivity index is 2.64. The van der Waals surface area contributed by atoms with Gasteiger partial charge >= 0.3 is 0 Å². The monoisotopic (exact) mass is 296 g/mol. The molecule has 6 nitrogen and oxygen atoms in total. The summed E-state index contributed by atoms with van der Waals surface area (Å²) in [6.45, 7) is 4.10. The first-order valence-electron chi connectivity index (χ1n) is 6.87. The zero-order chi connectivity index (χ0) is 15.7. The van der Waals surface area contributed by atoms with Crippen molar-refractivity contribution in [1.82, 2.24) is 5.32 Å². The Labute approximate surface area is 125 Å². The Kier molecular flexibility index (Phi) is 7.56. The van der Waals surface area contributed by atoms with Gasteiger partial charge in [-0.3, -0.25) is 4.79 Å². The molecule has 1 atom stereocenters. The number of ether oxygens (including phenoxy) is 3. The zero-order valence-electron chi connectivity index (χ0n) is 12.8. The maximum Gasteiger partial charge on any atom is 0.223 e. The number of hydrogen-bond donors (Lipinski definition) is 2. The molecule has 0 aromatic heterocycles. The van der Waals surface area contributed by atoms with Gasteiger partial charge in [-0.05, 0) is 17.7 Å². The molecular formula is C15H24N2O4. The lowest BCUT2D eigenvalue weighted by atomic mass is 10.2. The van der Waals surface area contributed by atoms with Gasteiger partial charge in [0.25, 0.3) is 0 Å². The molecule has 0 heterocycles. The summed E-state index contributed by atoms with van der Waals surface area (Å²) in [7, 11) is 3.25. The Morgan fingerprint density at radius 2 is 2.10 bits per heavy atom. The van der Waals surface area contributed by atoms with E-state index in [1.54, 1.807) is 21.1 Å². The lowest BCUT2D eigenvalue weighted by molar-refractivity contribution is -0.122. The second-order valence-electron chi connectivity index (χ2n) is 4.77. The third kappa shape index (κ3) is 6.01. The number of rotatable bonds is 10. The highest BCUT2D eigenvalue weighted by molar-refractivity contribution is 5.76. The fourth-order valence-corrected chi connectivity index (χ4v) is 1.65. The van der Waals surface area contributed by atoms with Crippen LogP contribution in [0.3, 0.4) is 0 Å². The van der Waals surface area contributed by atoms with E-state index in [0.29, 0.717) is 24.7 Å². The van der Waals surface area contributed by atoms with Gasteiger partial charge in [0.15, 0.2) is 11.5 Å². The first-order valence-corrected chi connectivity index (χ1v) is 6.87. The van der Waals surface area contributed by atoms with Crippen molar-refractivity contribution in [2.24, 2.45) is 11.7 Å². The fourth-order valence-electron chi connectivity index (χ4n) is 1.65. The van der Waals surface area contributed by atoms with Crippen molar-refractivity contribution in [2.45, 2.75) is 13.5 Å². The first kappa shape index (κ1) is 17.3. The molecule has 1 amide bonds.